The smallest absolute Gasteiger partial charge is 0.115 e. The van der Waals surface area contributed by atoms with Gasteiger partial charge in [-0.05, 0) is 17.7 Å². The summed E-state index contributed by atoms with van der Waals surface area (Å²) in [6.45, 7) is 1.73. The quantitative estimate of drug-likeness (QED) is 0.782. The fourth-order valence-corrected chi connectivity index (χ4v) is 1.46. The van der Waals surface area contributed by atoms with E-state index in [1.807, 2.05) is 12.1 Å². The van der Waals surface area contributed by atoms with Gasteiger partial charge in [0.15, 0.2) is 0 Å². The Hall–Kier alpha value is -0.770. The van der Waals surface area contributed by atoms with Crippen molar-refractivity contribution >= 4 is 12.4 Å². The predicted molar refractivity (Wildman–Crippen MR) is 56.8 cm³/mol. The van der Waals surface area contributed by atoms with Crippen molar-refractivity contribution in [2.75, 3.05) is 13.2 Å². The van der Waals surface area contributed by atoms with E-state index in [0.717, 1.165) is 19.6 Å². The summed E-state index contributed by atoms with van der Waals surface area (Å²) in [7, 11) is 0. The molecule has 3 nitrogen and oxygen atoms in total. The fourth-order valence-electron chi connectivity index (χ4n) is 1.46. The third-order valence-corrected chi connectivity index (χ3v) is 2.15. The van der Waals surface area contributed by atoms with Gasteiger partial charge in [0.1, 0.15) is 12.0 Å². The Kier molecular flexibility index (Phi) is 4.20. The second-order valence-electron chi connectivity index (χ2n) is 3.18. The lowest BCUT2D eigenvalue weighted by atomic mass is 10.1. The van der Waals surface area contributed by atoms with Crippen LogP contribution in [0.5, 0.6) is 5.75 Å². The molecule has 0 radical (unpaired) electrons. The normalized spacial score (nSPS) is 20.4. The van der Waals surface area contributed by atoms with E-state index in [9.17, 15) is 0 Å². The number of aromatic hydroxyl groups is 1. The minimum Gasteiger partial charge on any atom is -0.508 e. The molecule has 1 aliphatic rings. The second kappa shape index (κ2) is 5.20. The standard InChI is InChI=1S/C10H13NO2.ClH/c12-9-3-1-8(2-4-9)7-10-11-5-6-13-10;/h1-4,10-12H,5-7H2;1H. The summed E-state index contributed by atoms with van der Waals surface area (Å²) in [6.07, 6.45) is 1.00. The number of nitrogens with one attached hydrogen (secondary N) is 1. The van der Waals surface area contributed by atoms with E-state index in [4.69, 9.17) is 9.84 Å². The van der Waals surface area contributed by atoms with Gasteiger partial charge in [0.25, 0.3) is 0 Å². The summed E-state index contributed by atoms with van der Waals surface area (Å²) in [4.78, 5) is 0. The molecule has 0 amide bonds. The van der Waals surface area contributed by atoms with Gasteiger partial charge in [0.2, 0.25) is 0 Å². The van der Waals surface area contributed by atoms with Gasteiger partial charge in [-0.1, -0.05) is 12.1 Å². The number of halogens is 1. The van der Waals surface area contributed by atoms with Crippen LogP contribution < -0.4 is 5.32 Å². The van der Waals surface area contributed by atoms with Gasteiger partial charge in [-0.15, -0.1) is 12.4 Å². The van der Waals surface area contributed by atoms with Crippen LogP contribution in [0.1, 0.15) is 5.56 Å². The first kappa shape index (κ1) is 11.3. The molecule has 1 heterocycles. The summed E-state index contributed by atoms with van der Waals surface area (Å²) in [5, 5.41) is 12.3. The Morgan fingerprint density at radius 2 is 2.07 bits per heavy atom. The molecule has 0 saturated carbocycles. The largest absolute Gasteiger partial charge is 0.508 e. The number of benzene rings is 1. The van der Waals surface area contributed by atoms with Crippen LogP contribution in [-0.4, -0.2) is 24.5 Å². The lowest BCUT2D eigenvalue weighted by Gasteiger charge is -2.09. The molecule has 1 aliphatic heterocycles. The molecule has 0 aliphatic carbocycles. The highest BCUT2D eigenvalue weighted by Gasteiger charge is 2.14. The van der Waals surface area contributed by atoms with Crippen LogP contribution in [0.15, 0.2) is 24.3 Å². The Labute approximate surface area is 89.5 Å². The first-order chi connectivity index (χ1) is 6.34. The lowest BCUT2D eigenvalue weighted by Crippen LogP contribution is -2.24. The SMILES string of the molecule is Cl.Oc1ccc(CC2NCCO2)cc1. The second-order valence-corrected chi connectivity index (χ2v) is 3.18. The van der Waals surface area contributed by atoms with Crippen LogP contribution >= 0.6 is 12.4 Å². The Morgan fingerprint density at radius 1 is 1.36 bits per heavy atom. The highest BCUT2D eigenvalue weighted by molar-refractivity contribution is 5.85. The van der Waals surface area contributed by atoms with E-state index in [-0.39, 0.29) is 18.6 Å². The van der Waals surface area contributed by atoms with Crippen molar-refractivity contribution in [2.45, 2.75) is 12.6 Å². The Morgan fingerprint density at radius 3 is 2.64 bits per heavy atom. The van der Waals surface area contributed by atoms with Crippen LogP contribution in [-0.2, 0) is 11.2 Å². The molecule has 2 N–H and O–H groups in total. The van der Waals surface area contributed by atoms with Crippen LogP contribution in [0, 0.1) is 0 Å². The number of hydrogen-bond donors (Lipinski definition) is 2. The molecule has 0 aromatic heterocycles. The molecule has 1 aromatic rings. The zero-order valence-corrected chi connectivity index (χ0v) is 8.59. The van der Waals surface area contributed by atoms with Crippen molar-refractivity contribution in [1.29, 1.82) is 0 Å². The van der Waals surface area contributed by atoms with Gasteiger partial charge in [0, 0.05) is 13.0 Å². The van der Waals surface area contributed by atoms with Crippen LogP contribution in [0.3, 0.4) is 0 Å². The van der Waals surface area contributed by atoms with E-state index < -0.39 is 0 Å². The maximum Gasteiger partial charge on any atom is 0.115 e. The minimum absolute atomic E-state index is 0. The van der Waals surface area contributed by atoms with Gasteiger partial charge in [-0.2, -0.15) is 0 Å². The Bertz CT molecular complexity index is 270. The molecule has 0 bridgehead atoms. The molecule has 1 unspecified atom stereocenters. The molecule has 2 rings (SSSR count). The van der Waals surface area contributed by atoms with Crippen LogP contribution in [0.25, 0.3) is 0 Å². The number of phenolic OH excluding ortho intramolecular Hbond substituents is 1. The van der Waals surface area contributed by atoms with E-state index in [2.05, 4.69) is 5.32 Å². The average molecular weight is 216 g/mol. The van der Waals surface area contributed by atoms with E-state index in [1.54, 1.807) is 12.1 Å². The van der Waals surface area contributed by atoms with Crippen molar-refractivity contribution in [2.24, 2.45) is 0 Å². The lowest BCUT2D eigenvalue weighted by molar-refractivity contribution is 0.102. The minimum atomic E-state index is 0. The topological polar surface area (TPSA) is 41.5 Å². The summed E-state index contributed by atoms with van der Waals surface area (Å²) < 4.78 is 5.41. The molecule has 1 saturated heterocycles. The fraction of sp³-hybridized carbons (Fsp3) is 0.400. The third-order valence-electron chi connectivity index (χ3n) is 2.15. The van der Waals surface area contributed by atoms with Crippen molar-refractivity contribution in [3.63, 3.8) is 0 Å². The number of hydrogen-bond acceptors (Lipinski definition) is 3. The molecule has 14 heavy (non-hydrogen) atoms. The zero-order valence-electron chi connectivity index (χ0n) is 7.77. The molecular formula is C10H14ClNO2. The van der Waals surface area contributed by atoms with Gasteiger partial charge < -0.3 is 9.84 Å². The van der Waals surface area contributed by atoms with Crippen molar-refractivity contribution in [3.8, 4) is 5.75 Å². The van der Waals surface area contributed by atoms with Crippen molar-refractivity contribution in [3.05, 3.63) is 29.8 Å². The average Bonchev–Trinajstić information content (AvgIpc) is 2.62. The summed E-state index contributed by atoms with van der Waals surface area (Å²) in [5.41, 5.74) is 1.18. The van der Waals surface area contributed by atoms with Crippen LogP contribution in [0.4, 0.5) is 0 Å². The maximum absolute atomic E-state index is 9.07. The zero-order chi connectivity index (χ0) is 9.10. The molecule has 1 fully saturated rings. The summed E-state index contributed by atoms with van der Waals surface area (Å²) in [5.74, 6) is 0.309. The molecule has 4 heteroatoms. The molecule has 1 aromatic carbocycles. The van der Waals surface area contributed by atoms with Gasteiger partial charge in [-0.25, -0.2) is 0 Å². The van der Waals surface area contributed by atoms with Crippen molar-refractivity contribution < 1.29 is 9.84 Å². The van der Waals surface area contributed by atoms with Gasteiger partial charge in [0.05, 0.1) is 6.61 Å². The highest BCUT2D eigenvalue weighted by Crippen LogP contribution is 2.12. The Balaban J connectivity index is 0.000000980. The first-order valence-electron chi connectivity index (χ1n) is 4.47. The van der Waals surface area contributed by atoms with E-state index in [1.165, 1.54) is 5.56 Å². The molecule has 1 atom stereocenters. The van der Waals surface area contributed by atoms with Gasteiger partial charge in [-0.3, -0.25) is 5.32 Å². The van der Waals surface area contributed by atoms with Crippen molar-refractivity contribution in [1.82, 2.24) is 5.32 Å². The predicted octanol–water partition coefficient (Wildman–Crippen LogP) is 1.30. The van der Waals surface area contributed by atoms with Gasteiger partial charge >= 0.3 is 0 Å². The molecule has 0 spiro atoms. The number of phenols is 1. The molecular weight excluding hydrogens is 202 g/mol. The number of ether oxygens (including phenoxy) is 1. The maximum atomic E-state index is 9.07. The third kappa shape index (κ3) is 2.87. The summed E-state index contributed by atoms with van der Waals surface area (Å²) in [6, 6.07) is 7.23. The monoisotopic (exact) mass is 215 g/mol. The van der Waals surface area contributed by atoms with E-state index >= 15 is 0 Å². The summed E-state index contributed by atoms with van der Waals surface area (Å²) >= 11 is 0. The van der Waals surface area contributed by atoms with E-state index in [0.29, 0.717) is 5.75 Å². The first-order valence-corrected chi connectivity index (χ1v) is 4.47. The molecule has 78 valence electrons. The number of rotatable bonds is 2. The highest BCUT2D eigenvalue weighted by atomic mass is 35.5. The van der Waals surface area contributed by atoms with Crippen LogP contribution in [0.2, 0.25) is 0 Å².